The Bertz CT molecular complexity index is 248. The number of unbranched alkanes of at least 4 members (excludes halogenated alkanes) is 4. The molecule has 0 radical (unpaired) electrons. The average molecular weight is 262 g/mol. The Labute approximate surface area is 108 Å². The van der Waals surface area contributed by atoms with E-state index in [9.17, 15) is 8.42 Å². The molecule has 0 aliphatic heterocycles. The van der Waals surface area contributed by atoms with Crippen molar-refractivity contribution >= 4 is 9.84 Å². The molecule has 104 valence electrons. The van der Waals surface area contributed by atoms with E-state index in [0.717, 1.165) is 51.4 Å². The first-order chi connectivity index (χ1) is 7.96. The second-order valence-corrected chi connectivity index (χ2v) is 7.99. The Kier molecular flexibility index (Phi) is 8.93. The van der Waals surface area contributed by atoms with Gasteiger partial charge in [0.15, 0.2) is 9.84 Å². The van der Waals surface area contributed by atoms with Crippen LogP contribution in [-0.2, 0) is 9.84 Å². The molecule has 2 unspecified atom stereocenters. The fourth-order valence-electron chi connectivity index (χ4n) is 2.09. The van der Waals surface area contributed by atoms with Crippen LogP contribution in [-0.4, -0.2) is 18.9 Å². The zero-order valence-corrected chi connectivity index (χ0v) is 12.9. The zero-order chi connectivity index (χ0) is 13.3. The number of rotatable bonds is 10. The van der Waals surface area contributed by atoms with Gasteiger partial charge in [-0.05, 0) is 26.7 Å². The van der Waals surface area contributed by atoms with Crippen LogP contribution in [0.25, 0.3) is 0 Å². The predicted octanol–water partition coefficient (Wildman–Crippen LogP) is 4.34. The molecule has 0 heterocycles. The maximum absolute atomic E-state index is 12.2. The van der Waals surface area contributed by atoms with E-state index in [1.54, 1.807) is 0 Å². The van der Waals surface area contributed by atoms with Crippen molar-refractivity contribution in [2.75, 3.05) is 0 Å². The summed E-state index contributed by atoms with van der Waals surface area (Å²) >= 11 is 0. The Balaban J connectivity index is 4.14. The summed E-state index contributed by atoms with van der Waals surface area (Å²) in [7, 11) is -2.90. The lowest BCUT2D eigenvalue weighted by atomic mass is 10.2. The minimum absolute atomic E-state index is 0.161. The van der Waals surface area contributed by atoms with Crippen molar-refractivity contribution < 1.29 is 8.42 Å². The molecular formula is C14H30O2S. The molecule has 0 amide bonds. The summed E-state index contributed by atoms with van der Waals surface area (Å²) in [5, 5.41) is -0.323. The molecule has 17 heavy (non-hydrogen) atoms. The summed E-state index contributed by atoms with van der Waals surface area (Å²) in [5.41, 5.74) is 0. The van der Waals surface area contributed by atoms with Crippen LogP contribution in [0.4, 0.5) is 0 Å². The van der Waals surface area contributed by atoms with Crippen molar-refractivity contribution in [3.05, 3.63) is 0 Å². The van der Waals surface area contributed by atoms with E-state index in [2.05, 4.69) is 13.8 Å². The van der Waals surface area contributed by atoms with Gasteiger partial charge in [-0.1, -0.05) is 52.4 Å². The molecule has 0 aliphatic carbocycles. The Morgan fingerprint density at radius 1 is 0.765 bits per heavy atom. The topological polar surface area (TPSA) is 34.1 Å². The normalized spacial score (nSPS) is 15.8. The molecule has 2 nitrogen and oxygen atoms in total. The quantitative estimate of drug-likeness (QED) is 0.549. The van der Waals surface area contributed by atoms with E-state index in [1.165, 1.54) is 0 Å². The minimum Gasteiger partial charge on any atom is -0.228 e. The third-order valence-corrected chi connectivity index (χ3v) is 6.26. The lowest BCUT2D eigenvalue weighted by Crippen LogP contribution is -2.28. The van der Waals surface area contributed by atoms with Crippen LogP contribution >= 0.6 is 0 Å². The van der Waals surface area contributed by atoms with Crippen LogP contribution in [0.5, 0.6) is 0 Å². The maximum atomic E-state index is 12.2. The summed E-state index contributed by atoms with van der Waals surface area (Å²) in [5.74, 6) is 0. The SMILES string of the molecule is CCCCCC(C)S(=O)(=O)C(C)CCCCC. The minimum atomic E-state index is -2.90. The van der Waals surface area contributed by atoms with Gasteiger partial charge in [-0.15, -0.1) is 0 Å². The van der Waals surface area contributed by atoms with Crippen molar-refractivity contribution in [1.82, 2.24) is 0 Å². The molecule has 0 aromatic heterocycles. The molecule has 3 heteroatoms. The zero-order valence-electron chi connectivity index (χ0n) is 12.0. The van der Waals surface area contributed by atoms with Gasteiger partial charge in [0.2, 0.25) is 0 Å². The predicted molar refractivity (Wildman–Crippen MR) is 76.1 cm³/mol. The van der Waals surface area contributed by atoms with Crippen LogP contribution in [0.1, 0.15) is 79.1 Å². The van der Waals surface area contributed by atoms with Crippen molar-refractivity contribution in [2.45, 2.75) is 89.6 Å². The van der Waals surface area contributed by atoms with E-state index < -0.39 is 9.84 Å². The Morgan fingerprint density at radius 2 is 1.12 bits per heavy atom. The molecule has 0 aromatic rings. The van der Waals surface area contributed by atoms with E-state index >= 15 is 0 Å². The summed E-state index contributed by atoms with van der Waals surface area (Å²) in [6.45, 7) is 8.04. The average Bonchev–Trinajstić information content (AvgIpc) is 2.29. The maximum Gasteiger partial charge on any atom is 0.155 e. The summed E-state index contributed by atoms with van der Waals surface area (Å²) in [6, 6.07) is 0. The molecule has 0 bridgehead atoms. The van der Waals surface area contributed by atoms with Gasteiger partial charge in [-0.25, -0.2) is 8.42 Å². The molecule has 0 rings (SSSR count). The molecule has 0 aliphatic rings. The monoisotopic (exact) mass is 262 g/mol. The fourth-order valence-corrected chi connectivity index (χ4v) is 3.87. The first-order valence-electron chi connectivity index (χ1n) is 7.19. The summed E-state index contributed by atoms with van der Waals surface area (Å²) < 4.78 is 24.4. The lowest BCUT2D eigenvalue weighted by molar-refractivity contribution is 0.543. The van der Waals surface area contributed by atoms with Crippen molar-refractivity contribution in [3.63, 3.8) is 0 Å². The van der Waals surface area contributed by atoms with E-state index in [-0.39, 0.29) is 10.5 Å². The molecule has 0 fully saturated rings. The first kappa shape index (κ1) is 16.9. The summed E-state index contributed by atoms with van der Waals surface area (Å²) in [4.78, 5) is 0. The van der Waals surface area contributed by atoms with Crippen LogP contribution in [0.2, 0.25) is 0 Å². The van der Waals surface area contributed by atoms with Crippen LogP contribution in [0.3, 0.4) is 0 Å². The highest BCUT2D eigenvalue weighted by molar-refractivity contribution is 7.92. The third-order valence-electron chi connectivity index (χ3n) is 3.55. The van der Waals surface area contributed by atoms with E-state index in [0.29, 0.717) is 0 Å². The standard InChI is InChI=1S/C14H30O2S/c1-5-7-9-11-13(3)17(15,16)14(4)12-10-8-6-2/h13-14H,5-12H2,1-4H3. The molecule has 0 N–H and O–H groups in total. The molecule has 2 atom stereocenters. The Morgan fingerprint density at radius 3 is 1.41 bits per heavy atom. The fraction of sp³-hybridized carbons (Fsp3) is 1.00. The second-order valence-electron chi connectivity index (χ2n) is 5.20. The summed E-state index contributed by atoms with van der Waals surface area (Å²) in [6.07, 6.45) is 8.32. The molecule has 0 saturated carbocycles. The largest absolute Gasteiger partial charge is 0.228 e. The van der Waals surface area contributed by atoms with Crippen molar-refractivity contribution in [1.29, 1.82) is 0 Å². The van der Waals surface area contributed by atoms with Gasteiger partial charge in [0, 0.05) is 0 Å². The van der Waals surface area contributed by atoms with Gasteiger partial charge in [-0.3, -0.25) is 0 Å². The van der Waals surface area contributed by atoms with Crippen molar-refractivity contribution in [2.24, 2.45) is 0 Å². The van der Waals surface area contributed by atoms with Gasteiger partial charge in [0.05, 0.1) is 10.5 Å². The van der Waals surface area contributed by atoms with E-state index in [4.69, 9.17) is 0 Å². The van der Waals surface area contributed by atoms with Gasteiger partial charge in [0.1, 0.15) is 0 Å². The van der Waals surface area contributed by atoms with Crippen molar-refractivity contribution in [3.8, 4) is 0 Å². The second kappa shape index (κ2) is 8.96. The van der Waals surface area contributed by atoms with Gasteiger partial charge < -0.3 is 0 Å². The third kappa shape index (κ3) is 6.44. The molecule has 0 aromatic carbocycles. The molecule has 0 saturated heterocycles. The molecular weight excluding hydrogens is 232 g/mol. The van der Waals surface area contributed by atoms with E-state index in [1.807, 2.05) is 13.8 Å². The highest BCUT2D eigenvalue weighted by atomic mass is 32.2. The number of sulfone groups is 1. The van der Waals surface area contributed by atoms with Crippen LogP contribution in [0, 0.1) is 0 Å². The van der Waals surface area contributed by atoms with Crippen LogP contribution < -0.4 is 0 Å². The highest BCUT2D eigenvalue weighted by Crippen LogP contribution is 2.19. The van der Waals surface area contributed by atoms with Gasteiger partial charge in [0.25, 0.3) is 0 Å². The van der Waals surface area contributed by atoms with Gasteiger partial charge in [-0.2, -0.15) is 0 Å². The first-order valence-corrected chi connectivity index (χ1v) is 8.80. The van der Waals surface area contributed by atoms with Gasteiger partial charge >= 0.3 is 0 Å². The smallest absolute Gasteiger partial charge is 0.155 e. The molecule has 0 spiro atoms. The lowest BCUT2D eigenvalue weighted by Gasteiger charge is -2.18. The Hall–Kier alpha value is -0.0500. The number of hydrogen-bond acceptors (Lipinski definition) is 2. The highest BCUT2D eigenvalue weighted by Gasteiger charge is 2.26. The van der Waals surface area contributed by atoms with Crippen LogP contribution in [0.15, 0.2) is 0 Å². The number of hydrogen-bond donors (Lipinski definition) is 0.